The molecule has 0 N–H and O–H groups in total. The van der Waals surface area contributed by atoms with Gasteiger partial charge < -0.3 is 0 Å². The van der Waals surface area contributed by atoms with E-state index in [-0.39, 0.29) is 5.57 Å². The van der Waals surface area contributed by atoms with Gasteiger partial charge in [-0.2, -0.15) is 21.4 Å². The Hall–Kier alpha value is -0.0500. The van der Waals surface area contributed by atoms with E-state index in [0.717, 1.165) is 0 Å². The third-order valence-electron chi connectivity index (χ3n) is 0.809. The lowest BCUT2D eigenvalue weighted by Crippen LogP contribution is -1.78. The second-order valence-corrected chi connectivity index (χ2v) is 1.96. The monoisotopic (exact) mass is 138 g/mol. The molecule has 8 heavy (non-hydrogen) atoms. The first-order valence-electron chi connectivity index (χ1n) is 2.30. The van der Waals surface area contributed by atoms with Crippen LogP contribution in [-0.4, -0.2) is 5.75 Å². The molecule has 0 aromatic carbocycles. The molecule has 0 amide bonds. The van der Waals surface area contributed by atoms with Gasteiger partial charge in [0.15, 0.2) is 0 Å². The van der Waals surface area contributed by atoms with Crippen LogP contribution in [0.3, 0.4) is 0 Å². The standard InChI is InChI=1S/C5H8F2S/c1-4(2-3-8)5(6)7/h8H,2-3H2,1H3. The number of hydrogen-bond donors (Lipinski definition) is 1. The van der Waals surface area contributed by atoms with Crippen molar-refractivity contribution in [1.82, 2.24) is 0 Å². The van der Waals surface area contributed by atoms with Crippen molar-refractivity contribution < 1.29 is 8.78 Å². The number of hydrogen-bond acceptors (Lipinski definition) is 1. The Morgan fingerprint density at radius 1 is 1.50 bits per heavy atom. The zero-order valence-electron chi connectivity index (χ0n) is 4.62. The molecule has 48 valence electrons. The van der Waals surface area contributed by atoms with Crippen LogP contribution in [0.25, 0.3) is 0 Å². The highest BCUT2D eigenvalue weighted by Crippen LogP contribution is 2.10. The summed E-state index contributed by atoms with van der Waals surface area (Å²) in [5.74, 6) is 0.489. The van der Waals surface area contributed by atoms with Crippen LogP contribution in [0.15, 0.2) is 11.7 Å². The molecule has 0 aromatic rings. The van der Waals surface area contributed by atoms with Gasteiger partial charge in [0.1, 0.15) is 0 Å². The van der Waals surface area contributed by atoms with E-state index in [9.17, 15) is 8.78 Å². The summed E-state index contributed by atoms with van der Waals surface area (Å²) in [4.78, 5) is 0. The van der Waals surface area contributed by atoms with Gasteiger partial charge in [-0.3, -0.25) is 0 Å². The Morgan fingerprint density at radius 3 is 2.12 bits per heavy atom. The molecular formula is C5H8F2S. The molecule has 0 unspecified atom stereocenters. The lowest BCUT2D eigenvalue weighted by atomic mass is 10.3. The summed E-state index contributed by atoms with van der Waals surface area (Å²) in [6.07, 6.45) is -1.19. The summed E-state index contributed by atoms with van der Waals surface area (Å²) in [5.41, 5.74) is 0.139. The quantitative estimate of drug-likeness (QED) is 0.557. The number of rotatable bonds is 2. The maximum Gasteiger partial charge on any atom is 0.269 e. The van der Waals surface area contributed by atoms with Crippen molar-refractivity contribution in [2.24, 2.45) is 0 Å². The van der Waals surface area contributed by atoms with E-state index in [1.165, 1.54) is 6.92 Å². The fourth-order valence-corrected chi connectivity index (χ4v) is 0.598. The van der Waals surface area contributed by atoms with E-state index < -0.39 is 6.08 Å². The fraction of sp³-hybridized carbons (Fsp3) is 0.600. The maximum absolute atomic E-state index is 11.5. The van der Waals surface area contributed by atoms with E-state index in [4.69, 9.17) is 0 Å². The van der Waals surface area contributed by atoms with Gasteiger partial charge in [-0.05, 0) is 24.7 Å². The molecule has 0 aliphatic heterocycles. The molecule has 0 bridgehead atoms. The van der Waals surface area contributed by atoms with Crippen molar-refractivity contribution in [3.8, 4) is 0 Å². The Morgan fingerprint density at radius 2 is 2.00 bits per heavy atom. The van der Waals surface area contributed by atoms with Gasteiger partial charge in [0.05, 0.1) is 0 Å². The predicted molar refractivity (Wildman–Crippen MR) is 33.4 cm³/mol. The number of halogens is 2. The molecule has 0 aliphatic rings. The summed E-state index contributed by atoms with van der Waals surface area (Å²) >= 11 is 3.79. The van der Waals surface area contributed by atoms with Crippen molar-refractivity contribution in [3.63, 3.8) is 0 Å². The van der Waals surface area contributed by atoms with Gasteiger partial charge in [0.2, 0.25) is 0 Å². The highest BCUT2D eigenvalue weighted by molar-refractivity contribution is 7.80. The van der Waals surface area contributed by atoms with Gasteiger partial charge in [0, 0.05) is 0 Å². The molecule has 0 saturated carbocycles. The second-order valence-electron chi connectivity index (χ2n) is 1.51. The minimum atomic E-state index is -1.57. The Bertz CT molecular complexity index is 94.6. The predicted octanol–water partition coefficient (Wildman–Crippen LogP) is 2.48. The Kier molecular flexibility index (Phi) is 3.87. The van der Waals surface area contributed by atoms with Gasteiger partial charge in [-0.1, -0.05) is 0 Å². The van der Waals surface area contributed by atoms with Crippen LogP contribution in [0.4, 0.5) is 8.78 Å². The molecule has 0 radical (unpaired) electrons. The van der Waals surface area contributed by atoms with Crippen molar-refractivity contribution in [1.29, 1.82) is 0 Å². The van der Waals surface area contributed by atoms with E-state index in [0.29, 0.717) is 12.2 Å². The molecule has 0 atom stereocenters. The highest BCUT2D eigenvalue weighted by Gasteiger charge is 1.95. The summed E-state index contributed by atoms with van der Waals surface area (Å²) in [6, 6.07) is 0. The third-order valence-corrected chi connectivity index (χ3v) is 1.03. The van der Waals surface area contributed by atoms with Crippen LogP contribution in [0, 0.1) is 0 Å². The first-order chi connectivity index (χ1) is 3.68. The molecule has 0 saturated heterocycles. The zero-order valence-corrected chi connectivity index (χ0v) is 5.51. The van der Waals surface area contributed by atoms with Crippen LogP contribution in [-0.2, 0) is 0 Å². The van der Waals surface area contributed by atoms with E-state index >= 15 is 0 Å². The average molecular weight is 138 g/mol. The van der Waals surface area contributed by atoms with E-state index in [1.54, 1.807) is 0 Å². The molecule has 0 heterocycles. The van der Waals surface area contributed by atoms with Crippen LogP contribution in [0.5, 0.6) is 0 Å². The van der Waals surface area contributed by atoms with Crippen molar-refractivity contribution in [2.75, 3.05) is 5.75 Å². The first kappa shape index (κ1) is 7.95. The lowest BCUT2D eigenvalue weighted by molar-refractivity contribution is 0.409. The molecule has 0 fully saturated rings. The van der Waals surface area contributed by atoms with Crippen molar-refractivity contribution in [2.45, 2.75) is 13.3 Å². The van der Waals surface area contributed by atoms with Gasteiger partial charge in [0.25, 0.3) is 6.08 Å². The van der Waals surface area contributed by atoms with Gasteiger partial charge in [-0.15, -0.1) is 0 Å². The highest BCUT2D eigenvalue weighted by atomic mass is 32.1. The van der Waals surface area contributed by atoms with Crippen molar-refractivity contribution >= 4 is 12.6 Å². The fourth-order valence-electron chi connectivity index (χ4n) is 0.262. The number of allylic oxidation sites excluding steroid dienone is 1. The Labute approximate surface area is 53.0 Å². The molecule has 0 aromatic heterocycles. The topological polar surface area (TPSA) is 0 Å². The smallest absolute Gasteiger partial charge is 0.179 e. The molecule has 0 rings (SSSR count). The molecular weight excluding hydrogens is 130 g/mol. The summed E-state index contributed by atoms with van der Waals surface area (Å²) in [6.45, 7) is 1.41. The number of thiol groups is 1. The summed E-state index contributed by atoms with van der Waals surface area (Å²) in [7, 11) is 0. The summed E-state index contributed by atoms with van der Waals surface area (Å²) in [5, 5.41) is 0. The van der Waals surface area contributed by atoms with E-state index in [1.807, 2.05) is 0 Å². The van der Waals surface area contributed by atoms with Crippen LogP contribution in [0.2, 0.25) is 0 Å². The molecule has 3 heteroatoms. The van der Waals surface area contributed by atoms with Crippen LogP contribution >= 0.6 is 12.6 Å². The van der Waals surface area contributed by atoms with Gasteiger partial charge >= 0.3 is 0 Å². The van der Waals surface area contributed by atoms with E-state index in [2.05, 4.69) is 12.6 Å². The molecule has 0 spiro atoms. The molecule has 0 nitrogen and oxygen atoms in total. The summed E-state index contributed by atoms with van der Waals surface area (Å²) < 4.78 is 22.9. The minimum absolute atomic E-state index is 0.139. The second kappa shape index (κ2) is 3.89. The third kappa shape index (κ3) is 3.02. The lowest BCUT2D eigenvalue weighted by Gasteiger charge is -1.91. The maximum atomic E-state index is 11.5. The first-order valence-corrected chi connectivity index (χ1v) is 2.93. The van der Waals surface area contributed by atoms with Crippen molar-refractivity contribution in [3.05, 3.63) is 11.7 Å². The average Bonchev–Trinajstić information content (AvgIpc) is 1.67. The minimum Gasteiger partial charge on any atom is -0.179 e. The Balaban J connectivity index is 3.62. The molecule has 0 aliphatic carbocycles. The largest absolute Gasteiger partial charge is 0.269 e. The van der Waals surface area contributed by atoms with Crippen LogP contribution < -0.4 is 0 Å². The zero-order chi connectivity index (χ0) is 6.57. The van der Waals surface area contributed by atoms with Gasteiger partial charge in [-0.25, -0.2) is 0 Å². The van der Waals surface area contributed by atoms with Crippen LogP contribution in [0.1, 0.15) is 13.3 Å². The normalized spacial score (nSPS) is 9.00. The SMILES string of the molecule is CC(CCS)=C(F)F.